The Labute approximate surface area is 161 Å². The number of nitrogens with one attached hydrogen (secondary N) is 1. The molecule has 26 heavy (non-hydrogen) atoms. The molecule has 1 amide bonds. The average Bonchev–Trinajstić information content (AvgIpc) is 3.06. The number of hydrogen-bond acceptors (Lipinski definition) is 6. The van der Waals surface area contributed by atoms with Crippen molar-refractivity contribution in [3.8, 4) is 0 Å². The van der Waals surface area contributed by atoms with Crippen LogP contribution >= 0.6 is 23.1 Å². The van der Waals surface area contributed by atoms with Crippen LogP contribution in [-0.2, 0) is 16.0 Å². The van der Waals surface area contributed by atoms with Gasteiger partial charge in [0.15, 0.2) is 5.16 Å². The summed E-state index contributed by atoms with van der Waals surface area (Å²) in [6, 6.07) is 4.68. The zero-order chi connectivity index (χ0) is 17.9. The van der Waals surface area contributed by atoms with Gasteiger partial charge < -0.3 is 14.6 Å². The fourth-order valence-electron chi connectivity index (χ4n) is 3.15. The minimum absolute atomic E-state index is 0.0376. The third kappa shape index (κ3) is 4.29. The zero-order valence-corrected chi connectivity index (χ0v) is 16.5. The first-order chi connectivity index (χ1) is 12.7. The average molecular weight is 393 g/mol. The predicted molar refractivity (Wildman–Crippen MR) is 103 cm³/mol. The second-order valence-electron chi connectivity index (χ2n) is 6.90. The van der Waals surface area contributed by atoms with Gasteiger partial charge in [0, 0.05) is 30.5 Å². The Balaban J connectivity index is 1.38. The van der Waals surface area contributed by atoms with Gasteiger partial charge in [-0.15, -0.1) is 21.5 Å². The summed E-state index contributed by atoms with van der Waals surface area (Å²) in [6.07, 6.45) is 5.43. The van der Waals surface area contributed by atoms with Crippen LogP contribution in [0.15, 0.2) is 22.7 Å². The van der Waals surface area contributed by atoms with Crippen LogP contribution < -0.4 is 5.32 Å². The molecule has 1 aliphatic heterocycles. The zero-order valence-electron chi connectivity index (χ0n) is 14.9. The minimum atomic E-state index is -0.201. The van der Waals surface area contributed by atoms with Gasteiger partial charge in [-0.2, -0.15) is 0 Å². The van der Waals surface area contributed by atoms with E-state index in [2.05, 4.69) is 37.6 Å². The summed E-state index contributed by atoms with van der Waals surface area (Å²) in [5.41, 5.74) is 0. The number of nitrogens with zero attached hydrogens (tertiary/aromatic N) is 3. The monoisotopic (exact) mass is 392 g/mol. The number of rotatable bonds is 8. The number of ether oxygens (including phenoxy) is 1. The Morgan fingerprint density at radius 1 is 1.46 bits per heavy atom. The Morgan fingerprint density at radius 3 is 3.04 bits per heavy atom. The van der Waals surface area contributed by atoms with Gasteiger partial charge >= 0.3 is 0 Å². The second kappa shape index (κ2) is 8.10. The van der Waals surface area contributed by atoms with Crippen molar-refractivity contribution >= 4 is 29.0 Å². The lowest BCUT2D eigenvalue weighted by Crippen LogP contribution is -2.36. The molecule has 2 aromatic rings. The highest BCUT2D eigenvalue weighted by Gasteiger charge is 2.31. The van der Waals surface area contributed by atoms with E-state index in [9.17, 15) is 4.79 Å². The van der Waals surface area contributed by atoms with Crippen molar-refractivity contribution in [3.05, 3.63) is 28.2 Å². The summed E-state index contributed by atoms with van der Waals surface area (Å²) < 4.78 is 7.81. The van der Waals surface area contributed by atoms with E-state index in [0.29, 0.717) is 12.6 Å². The number of amides is 1. The van der Waals surface area contributed by atoms with Crippen molar-refractivity contribution in [1.82, 2.24) is 20.1 Å². The van der Waals surface area contributed by atoms with E-state index >= 15 is 0 Å². The van der Waals surface area contributed by atoms with Crippen LogP contribution in [0.1, 0.15) is 49.4 Å². The molecular weight excluding hydrogens is 368 g/mol. The standard InChI is InChI=1S/C18H24N4O2S2/c1-12(17(23)19-11-14-4-2-8-24-14)26-18-21-20-16(22(18)13-6-7-13)10-15-5-3-9-25-15/h3,5,9,12-14H,2,4,6-8,10-11H2,1H3,(H,19,23)/t12-,14+/m1/s1. The Kier molecular flexibility index (Phi) is 5.61. The fourth-order valence-corrected chi connectivity index (χ4v) is 4.82. The van der Waals surface area contributed by atoms with E-state index in [1.165, 1.54) is 29.5 Å². The van der Waals surface area contributed by atoms with Crippen molar-refractivity contribution in [3.63, 3.8) is 0 Å². The fraction of sp³-hybridized carbons (Fsp3) is 0.611. The van der Waals surface area contributed by atoms with Crippen molar-refractivity contribution in [2.45, 2.75) is 61.6 Å². The molecule has 140 valence electrons. The molecule has 0 unspecified atom stereocenters. The third-order valence-corrected chi connectivity index (χ3v) is 6.67. The first kappa shape index (κ1) is 18.0. The van der Waals surface area contributed by atoms with E-state index in [-0.39, 0.29) is 17.3 Å². The van der Waals surface area contributed by atoms with Crippen LogP contribution in [0.4, 0.5) is 0 Å². The summed E-state index contributed by atoms with van der Waals surface area (Å²) in [4.78, 5) is 13.7. The summed E-state index contributed by atoms with van der Waals surface area (Å²) >= 11 is 3.24. The van der Waals surface area contributed by atoms with Gasteiger partial charge in [0.1, 0.15) is 5.82 Å². The van der Waals surface area contributed by atoms with Gasteiger partial charge in [-0.05, 0) is 44.1 Å². The molecule has 2 aromatic heterocycles. The summed E-state index contributed by atoms with van der Waals surface area (Å²) in [6.45, 7) is 3.34. The number of aromatic nitrogens is 3. The first-order valence-corrected chi connectivity index (χ1v) is 11.0. The first-order valence-electron chi connectivity index (χ1n) is 9.23. The third-order valence-electron chi connectivity index (χ3n) is 4.74. The Hall–Kier alpha value is -1.38. The van der Waals surface area contributed by atoms with Gasteiger partial charge in [0.05, 0.1) is 11.4 Å². The van der Waals surface area contributed by atoms with Gasteiger partial charge in [0.2, 0.25) is 5.91 Å². The largest absolute Gasteiger partial charge is 0.376 e. The van der Waals surface area contributed by atoms with Crippen molar-refractivity contribution < 1.29 is 9.53 Å². The second-order valence-corrected chi connectivity index (χ2v) is 9.24. The normalized spacial score (nSPS) is 21.0. The molecule has 8 heteroatoms. The van der Waals surface area contributed by atoms with Crippen LogP contribution in [0.25, 0.3) is 0 Å². The summed E-state index contributed by atoms with van der Waals surface area (Å²) in [5, 5.41) is 14.6. The Bertz CT molecular complexity index is 736. The van der Waals surface area contributed by atoms with Crippen molar-refractivity contribution in [2.75, 3.05) is 13.2 Å². The lowest BCUT2D eigenvalue weighted by molar-refractivity contribution is -0.120. The molecule has 0 bridgehead atoms. The molecule has 1 N–H and O–H groups in total. The quantitative estimate of drug-likeness (QED) is 0.700. The molecule has 3 heterocycles. The predicted octanol–water partition coefficient (Wildman–Crippen LogP) is 3.04. The minimum Gasteiger partial charge on any atom is -0.376 e. The highest BCUT2D eigenvalue weighted by atomic mass is 32.2. The number of carbonyl (C=O) groups is 1. The SMILES string of the molecule is C[C@@H](Sc1nnc(Cc2cccs2)n1C1CC1)C(=O)NC[C@@H]1CCCO1. The van der Waals surface area contributed by atoms with E-state index in [0.717, 1.165) is 36.9 Å². The summed E-state index contributed by atoms with van der Waals surface area (Å²) in [7, 11) is 0. The molecule has 0 radical (unpaired) electrons. The molecule has 4 rings (SSSR count). The van der Waals surface area contributed by atoms with Gasteiger partial charge in [-0.25, -0.2) is 0 Å². The lowest BCUT2D eigenvalue weighted by atomic mass is 10.2. The maximum Gasteiger partial charge on any atom is 0.233 e. The maximum absolute atomic E-state index is 12.4. The molecule has 0 aromatic carbocycles. The highest BCUT2D eigenvalue weighted by Crippen LogP contribution is 2.40. The van der Waals surface area contributed by atoms with Crippen molar-refractivity contribution in [2.24, 2.45) is 0 Å². The number of carbonyl (C=O) groups excluding carboxylic acids is 1. The molecule has 0 spiro atoms. The molecule has 1 saturated carbocycles. The van der Waals surface area contributed by atoms with Crippen molar-refractivity contribution in [1.29, 1.82) is 0 Å². The Morgan fingerprint density at radius 2 is 2.35 bits per heavy atom. The van der Waals surface area contributed by atoms with Gasteiger partial charge in [-0.1, -0.05) is 17.8 Å². The van der Waals surface area contributed by atoms with Gasteiger partial charge in [-0.3, -0.25) is 4.79 Å². The topological polar surface area (TPSA) is 69.0 Å². The number of thioether (sulfide) groups is 1. The van der Waals surface area contributed by atoms with E-state index in [1.54, 1.807) is 11.3 Å². The van der Waals surface area contributed by atoms with Crippen LogP contribution in [0.2, 0.25) is 0 Å². The molecular formula is C18H24N4O2S2. The van der Waals surface area contributed by atoms with Crippen LogP contribution in [-0.4, -0.2) is 45.2 Å². The van der Waals surface area contributed by atoms with Crippen LogP contribution in [0.5, 0.6) is 0 Å². The molecule has 1 aliphatic carbocycles. The number of hydrogen-bond donors (Lipinski definition) is 1. The van der Waals surface area contributed by atoms with Crippen LogP contribution in [0.3, 0.4) is 0 Å². The molecule has 2 fully saturated rings. The van der Waals surface area contributed by atoms with Gasteiger partial charge in [0.25, 0.3) is 0 Å². The van der Waals surface area contributed by atoms with E-state index < -0.39 is 0 Å². The van der Waals surface area contributed by atoms with E-state index in [1.807, 2.05) is 6.92 Å². The molecule has 1 saturated heterocycles. The smallest absolute Gasteiger partial charge is 0.233 e. The molecule has 2 atom stereocenters. The lowest BCUT2D eigenvalue weighted by Gasteiger charge is -2.15. The number of thiophene rings is 1. The van der Waals surface area contributed by atoms with E-state index in [4.69, 9.17) is 4.74 Å². The highest BCUT2D eigenvalue weighted by molar-refractivity contribution is 8.00. The molecule has 2 aliphatic rings. The maximum atomic E-state index is 12.4. The van der Waals surface area contributed by atoms with Crippen LogP contribution in [0, 0.1) is 0 Å². The molecule has 6 nitrogen and oxygen atoms in total. The summed E-state index contributed by atoms with van der Waals surface area (Å²) in [5.74, 6) is 1.04.